The van der Waals surface area contributed by atoms with Crippen molar-refractivity contribution < 1.29 is 14.3 Å². The first-order chi connectivity index (χ1) is 9.17. The Morgan fingerprint density at radius 1 is 1.32 bits per heavy atom. The molecule has 4 nitrogen and oxygen atoms in total. The number of hydrogen-bond donors (Lipinski definition) is 1. The highest BCUT2D eigenvalue weighted by atomic mass is 16.5. The molecule has 0 aromatic heterocycles. The maximum atomic E-state index is 11.4. The van der Waals surface area contributed by atoms with E-state index in [4.69, 9.17) is 9.47 Å². The molecule has 106 valence electrons. The summed E-state index contributed by atoms with van der Waals surface area (Å²) in [5, 5.41) is 2.83. The highest BCUT2D eigenvalue weighted by molar-refractivity contribution is 5.75. The van der Waals surface area contributed by atoms with Crippen molar-refractivity contribution in [3.63, 3.8) is 0 Å². The number of carbonyl (C=O) groups is 1. The molecule has 4 heteroatoms. The molecule has 1 aromatic carbocycles. The van der Waals surface area contributed by atoms with E-state index in [1.165, 1.54) is 0 Å². The molecule has 0 atom stereocenters. The third kappa shape index (κ3) is 5.64. The zero-order chi connectivity index (χ0) is 14.1. The Balaban J connectivity index is 2.31. The number of methoxy groups -OCH3 is 1. The Kier molecular flexibility index (Phi) is 6.79. The molecule has 0 aliphatic heterocycles. The first-order valence-corrected chi connectivity index (χ1v) is 6.71. The predicted molar refractivity (Wildman–Crippen MR) is 75.8 cm³/mol. The molecule has 1 N–H and O–H groups in total. The molecule has 0 saturated heterocycles. The van der Waals surface area contributed by atoms with Gasteiger partial charge in [0.15, 0.2) is 11.5 Å². The highest BCUT2D eigenvalue weighted by Crippen LogP contribution is 2.27. The average Bonchev–Trinajstić information content (AvgIpc) is 2.42. The Labute approximate surface area is 115 Å². The van der Waals surface area contributed by atoms with Gasteiger partial charge in [-0.15, -0.1) is 0 Å². The molecular weight excluding hydrogens is 242 g/mol. The van der Waals surface area contributed by atoms with Gasteiger partial charge in [-0.3, -0.25) is 4.79 Å². The maximum Gasteiger partial charge on any atom is 0.220 e. The Hall–Kier alpha value is -1.71. The van der Waals surface area contributed by atoms with E-state index in [0.717, 1.165) is 24.2 Å². The van der Waals surface area contributed by atoms with Crippen LogP contribution in [0, 0.1) is 6.92 Å². The molecule has 0 spiro atoms. The van der Waals surface area contributed by atoms with Crippen LogP contribution in [0.15, 0.2) is 18.2 Å². The van der Waals surface area contributed by atoms with Gasteiger partial charge < -0.3 is 14.8 Å². The van der Waals surface area contributed by atoms with Crippen molar-refractivity contribution in [3.8, 4) is 11.5 Å². The number of carbonyl (C=O) groups excluding carboxylic acids is 1. The van der Waals surface area contributed by atoms with Gasteiger partial charge in [0.25, 0.3) is 0 Å². The lowest BCUT2D eigenvalue weighted by molar-refractivity contribution is -0.121. The lowest BCUT2D eigenvalue weighted by Crippen LogP contribution is -2.27. The molecule has 0 heterocycles. The van der Waals surface area contributed by atoms with E-state index in [9.17, 15) is 4.79 Å². The van der Waals surface area contributed by atoms with Gasteiger partial charge in [-0.25, -0.2) is 0 Å². The first-order valence-electron chi connectivity index (χ1n) is 6.71. The van der Waals surface area contributed by atoms with Crippen LogP contribution in [0.2, 0.25) is 0 Å². The molecule has 1 aromatic rings. The molecule has 0 unspecified atom stereocenters. The fourth-order valence-electron chi connectivity index (χ4n) is 1.67. The Morgan fingerprint density at radius 2 is 2.11 bits per heavy atom. The molecular formula is C15H23NO3. The number of benzene rings is 1. The van der Waals surface area contributed by atoms with E-state index in [1.807, 2.05) is 25.1 Å². The second kappa shape index (κ2) is 8.40. The zero-order valence-corrected chi connectivity index (χ0v) is 12.0. The van der Waals surface area contributed by atoms with Crippen LogP contribution in [0.1, 0.15) is 31.7 Å². The summed E-state index contributed by atoms with van der Waals surface area (Å²) in [5.41, 5.74) is 1.12. The highest BCUT2D eigenvalue weighted by Gasteiger charge is 2.04. The number of nitrogens with one attached hydrogen (secondary N) is 1. The lowest BCUT2D eigenvalue weighted by atomic mass is 10.2. The molecule has 1 amide bonds. The summed E-state index contributed by atoms with van der Waals surface area (Å²) in [5.74, 6) is 1.51. The zero-order valence-electron chi connectivity index (χ0n) is 12.0. The molecule has 1 rings (SSSR count). The van der Waals surface area contributed by atoms with E-state index in [2.05, 4.69) is 12.2 Å². The molecule has 0 fully saturated rings. The molecule has 0 radical (unpaired) electrons. The summed E-state index contributed by atoms with van der Waals surface area (Å²) in [7, 11) is 1.62. The summed E-state index contributed by atoms with van der Waals surface area (Å²) < 4.78 is 10.8. The second-order valence-corrected chi connectivity index (χ2v) is 4.46. The van der Waals surface area contributed by atoms with Crippen molar-refractivity contribution in [2.75, 3.05) is 20.3 Å². The number of unbranched alkanes of at least 4 members (excludes halogenated alkanes) is 1. The van der Waals surface area contributed by atoms with Crippen LogP contribution in [0.25, 0.3) is 0 Å². The normalized spacial score (nSPS) is 10.1. The van der Waals surface area contributed by atoms with Gasteiger partial charge in [0.1, 0.15) is 6.61 Å². The molecule has 0 aliphatic carbocycles. The van der Waals surface area contributed by atoms with Gasteiger partial charge in [-0.1, -0.05) is 19.4 Å². The van der Waals surface area contributed by atoms with Crippen LogP contribution < -0.4 is 14.8 Å². The van der Waals surface area contributed by atoms with Gasteiger partial charge in [-0.2, -0.15) is 0 Å². The van der Waals surface area contributed by atoms with Crippen LogP contribution in [-0.2, 0) is 4.79 Å². The third-order valence-corrected chi connectivity index (χ3v) is 2.76. The van der Waals surface area contributed by atoms with Crippen LogP contribution in [0.3, 0.4) is 0 Å². The van der Waals surface area contributed by atoms with E-state index in [-0.39, 0.29) is 5.91 Å². The van der Waals surface area contributed by atoms with E-state index < -0.39 is 0 Å². The Morgan fingerprint density at radius 3 is 2.79 bits per heavy atom. The van der Waals surface area contributed by atoms with E-state index >= 15 is 0 Å². The van der Waals surface area contributed by atoms with Crippen molar-refractivity contribution in [1.82, 2.24) is 5.32 Å². The number of amides is 1. The monoisotopic (exact) mass is 265 g/mol. The molecule has 19 heavy (non-hydrogen) atoms. The predicted octanol–water partition coefficient (Wildman–Crippen LogP) is 2.69. The number of ether oxygens (including phenoxy) is 2. The van der Waals surface area contributed by atoms with Crippen LogP contribution in [0.4, 0.5) is 0 Å². The number of aryl methyl sites for hydroxylation is 1. The minimum atomic E-state index is 0.0846. The number of rotatable bonds is 8. The van der Waals surface area contributed by atoms with Crippen LogP contribution in [0.5, 0.6) is 11.5 Å². The van der Waals surface area contributed by atoms with Gasteiger partial charge in [0.2, 0.25) is 5.91 Å². The second-order valence-electron chi connectivity index (χ2n) is 4.46. The third-order valence-electron chi connectivity index (χ3n) is 2.76. The topological polar surface area (TPSA) is 47.6 Å². The van der Waals surface area contributed by atoms with Crippen molar-refractivity contribution >= 4 is 5.91 Å². The van der Waals surface area contributed by atoms with Gasteiger partial charge in [-0.05, 0) is 31.0 Å². The number of hydrogen-bond acceptors (Lipinski definition) is 3. The van der Waals surface area contributed by atoms with Crippen molar-refractivity contribution in [2.24, 2.45) is 0 Å². The standard InChI is InChI=1S/C15H23NO3/c1-4-5-6-15(17)16-9-10-19-13-8-7-12(2)11-14(13)18-3/h7-8,11H,4-6,9-10H2,1-3H3,(H,16,17). The van der Waals surface area contributed by atoms with Gasteiger partial charge >= 0.3 is 0 Å². The molecule has 0 bridgehead atoms. The molecule has 0 aliphatic rings. The average molecular weight is 265 g/mol. The van der Waals surface area contributed by atoms with E-state index in [1.54, 1.807) is 7.11 Å². The fraction of sp³-hybridized carbons (Fsp3) is 0.533. The quantitative estimate of drug-likeness (QED) is 0.735. The van der Waals surface area contributed by atoms with Crippen LogP contribution in [-0.4, -0.2) is 26.2 Å². The van der Waals surface area contributed by atoms with Gasteiger partial charge in [0, 0.05) is 6.42 Å². The lowest BCUT2D eigenvalue weighted by Gasteiger charge is -2.11. The van der Waals surface area contributed by atoms with Crippen molar-refractivity contribution in [3.05, 3.63) is 23.8 Å². The summed E-state index contributed by atoms with van der Waals surface area (Å²) in [6, 6.07) is 5.78. The first kappa shape index (κ1) is 15.3. The molecule has 0 saturated carbocycles. The minimum Gasteiger partial charge on any atom is -0.493 e. The summed E-state index contributed by atoms with van der Waals surface area (Å²) in [6.45, 7) is 5.02. The van der Waals surface area contributed by atoms with Crippen molar-refractivity contribution in [2.45, 2.75) is 33.1 Å². The maximum absolute atomic E-state index is 11.4. The fourth-order valence-corrected chi connectivity index (χ4v) is 1.67. The minimum absolute atomic E-state index is 0.0846. The SMILES string of the molecule is CCCCC(=O)NCCOc1ccc(C)cc1OC. The van der Waals surface area contributed by atoms with Crippen molar-refractivity contribution in [1.29, 1.82) is 0 Å². The largest absolute Gasteiger partial charge is 0.493 e. The summed E-state index contributed by atoms with van der Waals surface area (Å²) in [4.78, 5) is 11.4. The summed E-state index contributed by atoms with van der Waals surface area (Å²) >= 11 is 0. The van der Waals surface area contributed by atoms with E-state index in [0.29, 0.717) is 25.3 Å². The smallest absolute Gasteiger partial charge is 0.220 e. The van der Waals surface area contributed by atoms with Crippen LogP contribution >= 0.6 is 0 Å². The Bertz CT molecular complexity index is 404. The van der Waals surface area contributed by atoms with Gasteiger partial charge in [0.05, 0.1) is 13.7 Å². The summed E-state index contributed by atoms with van der Waals surface area (Å²) in [6.07, 6.45) is 2.55.